The number of para-hydroxylation sites is 1. The molecule has 1 atom stereocenters. The highest BCUT2D eigenvalue weighted by atomic mass is 16.5. The van der Waals surface area contributed by atoms with Crippen molar-refractivity contribution in [3.8, 4) is 0 Å². The minimum Gasteiger partial charge on any atom is -0.449 e. The van der Waals surface area contributed by atoms with E-state index in [4.69, 9.17) is 4.74 Å². The average molecular weight is 440 g/mol. The topological polar surface area (TPSA) is 84.0 Å². The van der Waals surface area contributed by atoms with Gasteiger partial charge in [0, 0.05) is 12.2 Å². The molecule has 0 N–H and O–H groups in total. The van der Waals surface area contributed by atoms with Crippen molar-refractivity contribution in [3.05, 3.63) is 95.1 Å². The zero-order chi connectivity index (χ0) is 23.1. The lowest BCUT2D eigenvalue weighted by Gasteiger charge is -2.22. The fraction of sp³-hybridized carbons (Fsp3) is 0.154. The largest absolute Gasteiger partial charge is 0.449 e. The molecule has 0 bridgehead atoms. The summed E-state index contributed by atoms with van der Waals surface area (Å²) in [6, 6.07) is 20.3. The first kappa shape index (κ1) is 20.6. The Bertz CT molecular complexity index is 1280. The molecule has 0 aliphatic carbocycles. The smallest absolute Gasteiger partial charge is 0.338 e. The van der Waals surface area contributed by atoms with Crippen molar-refractivity contribution in [2.45, 2.75) is 19.4 Å². The minimum atomic E-state index is -0.994. The standard InChI is InChI=1S/C26H20N2O5/c1-16(23(29)27-14-13-17-7-2-5-12-22(17)27)33-26(32)18-8-6-9-19(15-18)28-24(30)20-10-3-4-11-21(20)25(28)31/h2-12,15-16H,13-14H2,1H3/t16-/m1/s1. The maximum absolute atomic E-state index is 12.9. The van der Waals surface area contributed by atoms with Crippen LogP contribution in [0.4, 0.5) is 11.4 Å². The number of benzene rings is 3. The number of hydrogen-bond donors (Lipinski definition) is 0. The molecule has 3 aromatic carbocycles. The Morgan fingerprint density at radius 1 is 0.879 bits per heavy atom. The van der Waals surface area contributed by atoms with Gasteiger partial charge < -0.3 is 9.64 Å². The molecule has 5 rings (SSSR count). The van der Waals surface area contributed by atoms with Crippen molar-refractivity contribution >= 4 is 35.1 Å². The third-order valence-electron chi connectivity index (χ3n) is 5.92. The molecule has 0 saturated heterocycles. The van der Waals surface area contributed by atoms with E-state index in [0.717, 1.165) is 22.6 Å². The zero-order valence-electron chi connectivity index (χ0n) is 17.9. The molecule has 2 aliphatic heterocycles. The molecule has 0 aromatic heterocycles. The van der Waals surface area contributed by atoms with Crippen LogP contribution in [0.2, 0.25) is 0 Å². The fourth-order valence-electron chi connectivity index (χ4n) is 4.26. The summed E-state index contributed by atoms with van der Waals surface area (Å²) in [7, 11) is 0. The highest BCUT2D eigenvalue weighted by molar-refractivity contribution is 6.34. The van der Waals surface area contributed by atoms with Gasteiger partial charge in [-0.1, -0.05) is 36.4 Å². The number of ether oxygens (including phenoxy) is 1. The Morgan fingerprint density at radius 2 is 1.55 bits per heavy atom. The number of carbonyl (C=O) groups is 4. The lowest BCUT2D eigenvalue weighted by atomic mass is 10.1. The zero-order valence-corrected chi connectivity index (χ0v) is 17.9. The van der Waals surface area contributed by atoms with Crippen LogP contribution >= 0.6 is 0 Å². The summed E-state index contributed by atoms with van der Waals surface area (Å²) in [5.74, 6) is -1.90. The molecule has 2 heterocycles. The van der Waals surface area contributed by atoms with Crippen molar-refractivity contribution in [1.29, 1.82) is 0 Å². The summed E-state index contributed by atoms with van der Waals surface area (Å²) in [6.07, 6.45) is -0.239. The van der Waals surface area contributed by atoms with Crippen molar-refractivity contribution < 1.29 is 23.9 Å². The molecule has 164 valence electrons. The van der Waals surface area contributed by atoms with E-state index in [2.05, 4.69) is 0 Å². The van der Waals surface area contributed by atoms with Crippen LogP contribution in [-0.2, 0) is 16.0 Å². The van der Waals surface area contributed by atoms with Crippen molar-refractivity contribution in [2.24, 2.45) is 0 Å². The van der Waals surface area contributed by atoms with Gasteiger partial charge in [0.25, 0.3) is 17.7 Å². The Kier molecular flexibility index (Phi) is 5.01. The molecule has 7 nitrogen and oxygen atoms in total. The van der Waals surface area contributed by atoms with Gasteiger partial charge in [0.1, 0.15) is 0 Å². The monoisotopic (exact) mass is 440 g/mol. The van der Waals surface area contributed by atoms with E-state index in [1.54, 1.807) is 41.3 Å². The molecule has 0 radical (unpaired) electrons. The van der Waals surface area contributed by atoms with Gasteiger partial charge in [0.15, 0.2) is 6.10 Å². The number of anilines is 2. The summed E-state index contributed by atoms with van der Waals surface area (Å²) in [6.45, 7) is 2.07. The van der Waals surface area contributed by atoms with E-state index in [1.807, 2.05) is 24.3 Å². The van der Waals surface area contributed by atoms with E-state index >= 15 is 0 Å². The van der Waals surface area contributed by atoms with Crippen LogP contribution in [0.1, 0.15) is 43.6 Å². The first-order chi connectivity index (χ1) is 16.0. The van der Waals surface area contributed by atoms with Crippen molar-refractivity contribution in [2.75, 3.05) is 16.3 Å². The molecule has 3 amide bonds. The van der Waals surface area contributed by atoms with E-state index in [1.165, 1.54) is 19.1 Å². The minimum absolute atomic E-state index is 0.144. The molecule has 3 aromatic rings. The number of fused-ring (bicyclic) bond motifs is 2. The number of esters is 1. The van der Waals surface area contributed by atoms with Crippen molar-refractivity contribution in [1.82, 2.24) is 0 Å². The number of carbonyl (C=O) groups excluding carboxylic acids is 4. The van der Waals surface area contributed by atoms with Gasteiger partial charge in [-0.25, -0.2) is 9.69 Å². The lowest BCUT2D eigenvalue weighted by Crippen LogP contribution is -2.39. The van der Waals surface area contributed by atoms with Gasteiger partial charge in [-0.2, -0.15) is 0 Å². The van der Waals surface area contributed by atoms with Crippen molar-refractivity contribution in [3.63, 3.8) is 0 Å². The summed E-state index contributed by atoms with van der Waals surface area (Å²) in [5, 5.41) is 0. The van der Waals surface area contributed by atoms with Gasteiger partial charge in [-0.05, 0) is 55.3 Å². The maximum atomic E-state index is 12.9. The Hall–Kier alpha value is -4.26. The Balaban J connectivity index is 1.33. The van der Waals surface area contributed by atoms with Gasteiger partial charge in [0.05, 0.1) is 22.4 Å². The Morgan fingerprint density at radius 3 is 2.27 bits per heavy atom. The SMILES string of the molecule is C[C@@H](OC(=O)c1cccc(N2C(=O)c3ccccc3C2=O)c1)C(=O)N1CCc2ccccc21. The third kappa shape index (κ3) is 3.47. The second-order valence-corrected chi connectivity index (χ2v) is 7.96. The fourth-order valence-corrected chi connectivity index (χ4v) is 4.26. The van der Waals surface area contributed by atoms with Gasteiger partial charge in [-0.3, -0.25) is 14.4 Å². The molecule has 2 aliphatic rings. The van der Waals surface area contributed by atoms with E-state index in [-0.39, 0.29) is 17.2 Å². The average Bonchev–Trinajstić information content (AvgIpc) is 3.38. The van der Waals surface area contributed by atoms with Gasteiger partial charge in [-0.15, -0.1) is 0 Å². The quantitative estimate of drug-likeness (QED) is 0.457. The first-order valence-electron chi connectivity index (χ1n) is 10.6. The molecule has 33 heavy (non-hydrogen) atoms. The number of hydrogen-bond acceptors (Lipinski definition) is 5. The van der Waals surface area contributed by atoms with E-state index in [0.29, 0.717) is 17.7 Å². The second-order valence-electron chi connectivity index (χ2n) is 7.96. The van der Waals surface area contributed by atoms with Crippen LogP contribution < -0.4 is 9.80 Å². The highest BCUT2D eigenvalue weighted by Crippen LogP contribution is 2.30. The van der Waals surface area contributed by atoms with Crippen LogP contribution in [-0.4, -0.2) is 36.3 Å². The number of imide groups is 1. The summed E-state index contributed by atoms with van der Waals surface area (Å²) in [4.78, 5) is 53.9. The lowest BCUT2D eigenvalue weighted by molar-refractivity contribution is -0.126. The predicted molar refractivity (Wildman–Crippen MR) is 121 cm³/mol. The van der Waals surface area contributed by atoms with Crippen LogP contribution in [0.25, 0.3) is 0 Å². The predicted octanol–water partition coefficient (Wildman–Crippen LogP) is 3.62. The number of nitrogens with zero attached hydrogens (tertiary/aromatic N) is 2. The van der Waals surface area contributed by atoms with Crippen LogP contribution in [0.5, 0.6) is 0 Å². The molecule has 0 unspecified atom stereocenters. The summed E-state index contributed by atoms with van der Waals surface area (Å²) in [5.41, 5.74) is 2.96. The van der Waals surface area contributed by atoms with Gasteiger partial charge in [0.2, 0.25) is 0 Å². The van der Waals surface area contributed by atoms with E-state index < -0.39 is 23.9 Å². The molecule has 0 fully saturated rings. The van der Waals surface area contributed by atoms with Crippen LogP contribution in [0, 0.1) is 0 Å². The number of amides is 3. The normalized spacial score (nSPS) is 15.3. The molecule has 7 heteroatoms. The van der Waals surface area contributed by atoms with Crippen LogP contribution in [0.15, 0.2) is 72.8 Å². The summed E-state index contributed by atoms with van der Waals surface area (Å²) < 4.78 is 5.44. The second kappa shape index (κ2) is 8.02. The van der Waals surface area contributed by atoms with Gasteiger partial charge >= 0.3 is 5.97 Å². The third-order valence-corrected chi connectivity index (χ3v) is 5.92. The molecular weight excluding hydrogens is 420 g/mol. The molecule has 0 saturated carbocycles. The molecular formula is C26H20N2O5. The summed E-state index contributed by atoms with van der Waals surface area (Å²) >= 11 is 0. The van der Waals surface area contributed by atoms with Crippen LogP contribution in [0.3, 0.4) is 0 Å². The first-order valence-corrected chi connectivity index (χ1v) is 10.6. The van der Waals surface area contributed by atoms with E-state index in [9.17, 15) is 19.2 Å². The molecule has 0 spiro atoms. The highest BCUT2D eigenvalue weighted by Gasteiger charge is 2.36. The number of rotatable bonds is 4. The maximum Gasteiger partial charge on any atom is 0.338 e. The Labute approximate surface area is 190 Å².